The zero-order valence-electron chi connectivity index (χ0n) is 7.98. The van der Waals surface area contributed by atoms with Gasteiger partial charge in [0.15, 0.2) is 0 Å². The van der Waals surface area contributed by atoms with Gasteiger partial charge in [0, 0.05) is 19.3 Å². The normalized spacial score (nSPS) is 6.92. The van der Waals surface area contributed by atoms with Crippen molar-refractivity contribution in [2.75, 3.05) is 6.61 Å². The van der Waals surface area contributed by atoms with Crippen LogP contribution in [0.4, 0.5) is 0 Å². The number of aliphatic hydroxyl groups is 1. The molecule has 0 spiro atoms. The first kappa shape index (κ1) is 11.6. The Labute approximate surface area is 80.5 Å². The molecule has 0 aromatic heterocycles. The lowest BCUT2D eigenvalue weighted by atomic mass is 10.3. The van der Waals surface area contributed by atoms with E-state index in [2.05, 4.69) is 35.5 Å². The molecule has 0 heterocycles. The fraction of sp³-hybridized carbons (Fsp3) is 0.500. The fourth-order valence-corrected chi connectivity index (χ4v) is 0.652. The van der Waals surface area contributed by atoms with Crippen LogP contribution in [0.2, 0.25) is 0 Å². The van der Waals surface area contributed by atoms with Gasteiger partial charge >= 0.3 is 0 Å². The number of hydrogen-bond donors (Lipinski definition) is 1. The van der Waals surface area contributed by atoms with Gasteiger partial charge in [-0.1, -0.05) is 30.6 Å². The molecule has 0 rings (SSSR count). The third-order valence-corrected chi connectivity index (χ3v) is 1.18. The topological polar surface area (TPSA) is 20.2 Å². The highest BCUT2D eigenvalue weighted by Gasteiger charge is 1.73. The van der Waals surface area contributed by atoms with Crippen molar-refractivity contribution in [2.45, 2.75) is 32.6 Å². The third kappa shape index (κ3) is 10.6. The molecule has 0 aliphatic carbocycles. The summed E-state index contributed by atoms with van der Waals surface area (Å²) in [4.78, 5) is 0. The van der Waals surface area contributed by atoms with E-state index in [4.69, 9.17) is 5.11 Å². The van der Waals surface area contributed by atoms with Crippen molar-refractivity contribution in [2.24, 2.45) is 0 Å². The number of aliphatic hydroxyl groups excluding tert-OH is 1. The van der Waals surface area contributed by atoms with Crippen LogP contribution in [0.1, 0.15) is 32.6 Å². The summed E-state index contributed by atoms with van der Waals surface area (Å²) in [6.45, 7) is 1.96. The second-order valence-electron chi connectivity index (χ2n) is 2.25. The minimum absolute atomic E-state index is 0.0601. The highest BCUT2D eigenvalue weighted by atomic mass is 16.2. The lowest BCUT2D eigenvalue weighted by molar-refractivity contribution is 0.350. The zero-order valence-corrected chi connectivity index (χ0v) is 7.98. The van der Waals surface area contributed by atoms with Gasteiger partial charge in [-0.25, -0.2) is 0 Å². The molecule has 0 saturated heterocycles. The maximum absolute atomic E-state index is 8.34. The van der Waals surface area contributed by atoms with Crippen molar-refractivity contribution in [1.29, 1.82) is 0 Å². The molecular weight excluding hydrogens is 160 g/mol. The Morgan fingerprint density at radius 1 is 0.846 bits per heavy atom. The molecule has 0 aromatic rings. The van der Waals surface area contributed by atoms with E-state index in [9.17, 15) is 0 Å². The molecule has 0 amide bonds. The Bertz CT molecular complexity index is 282. The number of unbranched alkanes of at least 4 members (excludes halogenated alkanes) is 1. The summed E-state index contributed by atoms with van der Waals surface area (Å²) in [7, 11) is 0. The summed E-state index contributed by atoms with van der Waals surface area (Å²) in [5.74, 6) is 17.2. The molecule has 0 fully saturated rings. The Kier molecular flexibility index (Phi) is 9.53. The van der Waals surface area contributed by atoms with E-state index in [1.807, 2.05) is 6.92 Å². The van der Waals surface area contributed by atoms with Gasteiger partial charge in [-0.05, 0) is 0 Å². The molecule has 0 saturated carbocycles. The van der Waals surface area contributed by atoms with E-state index in [-0.39, 0.29) is 6.61 Å². The molecular formula is C12H14O. The van der Waals surface area contributed by atoms with E-state index in [0.717, 1.165) is 19.3 Å². The van der Waals surface area contributed by atoms with Gasteiger partial charge in [0.25, 0.3) is 0 Å². The maximum Gasteiger partial charge on any atom is 0.104 e. The summed E-state index contributed by atoms with van der Waals surface area (Å²) >= 11 is 0. The molecule has 1 nitrogen and oxygen atoms in total. The van der Waals surface area contributed by atoms with Gasteiger partial charge in [0.05, 0.1) is 6.42 Å². The molecule has 1 N–H and O–H groups in total. The van der Waals surface area contributed by atoms with Crippen LogP contribution in [0.5, 0.6) is 0 Å². The van der Waals surface area contributed by atoms with Crippen molar-refractivity contribution in [3.8, 4) is 35.5 Å². The smallest absolute Gasteiger partial charge is 0.104 e. The molecule has 68 valence electrons. The van der Waals surface area contributed by atoms with Crippen LogP contribution in [0.3, 0.4) is 0 Å². The van der Waals surface area contributed by atoms with Crippen LogP contribution in [-0.2, 0) is 0 Å². The molecule has 0 atom stereocenters. The van der Waals surface area contributed by atoms with E-state index < -0.39 is 0 Å². The molecule has 13 heavy (non-hydrogen) atoms. The van der Waals surface area contributed by atoms with Crippen molar-refractivity contribution >= 4 is 0 Å². The maximum atomic E-state index is 8.34. The quantitative estimate of drug-likeness (QED) is 0.472. The first-order valence-electron chi connectivity index (χ1n) is 4.39. The summed E-state index contributed by atoms with van der Waals surface area (Å²) < 4.78 is 0. The number of rotatable bonds is 1. The average molecular weight is 174 g/mol. The van der Waals surface area contributed by atoms with Crippen molar-refractivity contribution in [3.63, 3.8) is 0 Å². The van der Waals surface area contributed by atoms with Crippen LogP contribution in [0, 0.1) is 35.5 Å². The molecule has 0 bridgehead atoms. The van der Waals surface area contributed by atoms with Crippen molar-refractivity contribution in [3.05, 3.63) is 0 Å². The third-order valence-electron chi connectivity index (χ3n) is 1.18. The lowest BCUT2D eigenvalue weighted by Crippen LogP contribution is -1.72. The van der Waals surface area contributed by atoms with E-state index >= 15 is 0 Å². The molecule has 0 aliphatic rings. The van der Waals surface area contributed by atoms with Crippen LogP contribution >= 0.6 is 0 Å². The summed E-state index contributed by atoms with van der Waals surface area (Å²) in [6.07, 6.45) is 3.04. The first-order valence-corrected chi connectivity index (χ1v) is 4.39. The first-order chi connectivity index (χ1) is 6.41. The summed E-state index contributed by atoms with van der Waals surface area (Å²) in [5, 5.41) is 8.34. The standard InChI is InChI=1S/C12H14O/c1-2-3-4-5-6-7-8-9-10-11-12-13/h13H,2,5,8-9,12H2,1H3. The van der Waals surface area contributed by atoms with Crippen LogP contribution in [-0.4, -0.2) is 11.7 Å². The van der Waals surface area contributed by atoms with Gasteiger partial charge in [0.1, 0.15) is 6.61 Å². The van der Waals surface area contributed by atoms with Crippen molar-refractivity contribution < 1.29 is 5.11 Å². The lowest BCUT2D eigenvalue weighted by Gasteiger charge is -1.78. The molecule has 0 unspecified atom stereocenters. The van der Waals surface area contributed by atoms with Gasteiger partial charge in [-0.15, -0.1) is 11.8 Å². The Hall–Kier alpha value is -1.36. The van der Waals surface area contributed by atoms with Gasteiger partial charge in [-0.2, -0.15) is 0 Å². The monoisotopic (exact) mass is 174 g/mol. The fourth-order valence-electron chi connectivity index (χ4n) is 0.652. The Balaban J connectivity index is 3.40. The predicted molar refractivity (Wildman–Crippen MR) is 54.6 cm³/mol. The molecule has 0 aromatic carbocycles. The second-order valence-corrected chi connectivity index (χ2v) is 2.25. The summed E-state index contributed by atoms with van der Waals surface area (Å²) in [5.41, 5.74) is 0. The minimum Gasteiger partial charge on any atom is -0.384 e. The van der Waals surface area contributed by atoms with Crippen LogP contribution in [0.25, 0.3) is 0 Å². The van der Waals surface area contributed by atoms with Gasteiger partial charge in [-0.3, -0.25) is 0 Å². The van der Waals surface area contributed by atoms with E-state index in [0.29, 0.717) is 6.42 Å². The largest absolute Gasteiger partial charge is 0.384 e. The molecule has 1 heteroatoms. The average Bonchev–Trinajstić information content (AvgIpc) is 2.16. The van der Waals surface area contributed by atoms with E-state index in [1.165, 1.54) is 0 Å². The van der Waals surface area contributed by atoms with Crippen LogP contribution in [0.15, 0.2) is 0 Å². The summed E-state index contributed by atoms with van der Waals surface area (Å²) in [6, 6.07) is 0. The van der Waals surface area contributed by atoms with Crippen LogP contribution < -0.4 is 0 Å². The highest BCUT2D eigenvalue weighted by molar-refractivity contribution is 5.12. The zero-order chi connectivity index (χ0) is 9.78. The van der Waals surface area contributed by atoms with Gasteiger partial charge in [0.2, 0.25) is 0 Å². The minimum atomic E-state index is -0.0601. The Morgan fingerprint density at radius 3 is 2.08 bits per heavy atom. The number of hydrogen-bond acceptors (Lipinski definition) is 1. The molecule has 0 radical (unpaired) electrons. The van der Waals surface area contributed by atoms with Crippen molar-refractivity contribution in [1.82, 2.24) is 0 Å². The van der Waals surface area contributed by atoms with E-state index in [1.54, 1.807) is 0 Å². The SMILES string of the molecule is CCC#CCC#CCCC#CCO. The highest BCUT2D eigenvalue weighted by Crippen LogP contribution is 1.83. The second kappa shape index (κ2) is 10.6. The molecule has 0 aliphatic heterocycles. The predicted octanol–water partition coefficient (Wildman–Crippen LogP) is 1.57. The van der Waals surface area contributed by atoms with Gasteiger partial charge < -0.3 is 5.11 Å². The Morgan fingerprint density at radius 2 is 1.46 bits per heavy atom.